The molecule has 1 aromatic heterocycles. The van der Waals surface area contributed by atoms with Crippen LogP contribution in [0.1, 0.15) is 61.3 Å². The number of hydrogen-bond acceptors (Lipinski definition) is 3. The Morgan fingerprint density at radius 2 is 2.04 bits per heavy atom. The van der Waals surface area contributed by atoms with Crippen LogP contribution < -0.4 is 11.1 Å². The Kier molecular flexibility index (Phi) is 6.22. The van der Waals surface area contributed by atoms with Crippen LogP contribution in [0, 0.1) is 12.8 Å². The lowest BCUT2D eigenvalue weighted by atomic mass is 9.85. The van der Waals surface area contributed by atoms with Crippen molar-refractivity contribution in [3.63, 3.8) is 0 Å². The van der Waals surface area contributed by atoms with Crippen LogP contribution in [0.3, 0.4) is 0 Å². The summed E-state index contributed by atoms with van der Waals surface area (Å²) in [6.07, 6.45) is 8.95. The molecule has 0 radical (unpaired) electrons. The fraction of sp³-hybridized carbons (Fsp3) is 0.524. The van der Waals surface area contributed by atoms with Crippen molar-refractivity contribution >= 4 is 24.1 Å². The van der Waals surface area contributed by atoms with Gasteiger partial charge in [-0.15, -0.1) is 12.4 Å². The van der Waals surface area contributed by atoms with Gasteiger partial charge in [-0.3, -0.25) is 4.79 Å². The number of nitrogens with two attached hydrogens (primary N) is 1. The van der Waals surface area contributed by atoms with Crippen LogP contribution in [0.4, 0.5) is 5.82 Å². The number of carbonyl (C=O) groups excluding carboxylic acids is 1. The molecule has 2 aliphatic rings. The van der Waals surface area contributed by atoms with Crippen molar-refractivity contribution in [1.29, 1.82) is 0 Å². The van der Waals surface area contributed by atoms with Gasteiger partial charge >= 0.3 is 0 Å². The fourth-order valence-electron chi connectivity index (χ4n) is 4.51. The second kappa shape index (κ2) is 8.44. The molecule has 1 fully saturated rings. The van der Waals surface area contributed by atoms with Gasteiger partial charge in [0.05, 0.1) is 12.2 Å². The van der Waals surface area contributed by atoms with Crippen LogP contribution in [0.2, 0.25) is 0 Å². The summed E-state index contributed by atoms with van der Waals surface area (Å²) < 4.78 is 2.02. The molecule has 0 aliphatic heterocycles. The average Bonchev–Trinajstić information content (AvgIpc) is 3.01. The molecule has 0 bridgehead atoms. The standard InChI is InChI=1S/C21H28N4O.ClH/c1-14-13-23-25(19-11-5-7-15-6-2-3-10-18(15)19)20(14)24-21(26)16-8-4-9-17(22)12-16;/h2-3,6,10,13,16-17,19H,4-5,7-9,11-12,22H2,1H3,(H,24,26);1H. The molecule has 0 spiro atoms. The number of anilines is 1. The lowest BCUT2D eigenvalue weighted by Crippen LogP contribution is -2.35. The van der Waals surface area contributed by atoms with Crippen LogP contribution in [0.25, 0.3) is 0 Å². The summed E-state index contributed by atoms with van der Waals surface area (Å²) in [6.45, 7) is 2.01. The number of aromatic nitrogens is 2. The molecule has 5 nitrogen and oxygen atoms in total. The number of hydrogen-bond donors (Lipinski definition) is 2. The molecule has 27 heavy (non-hydrogen) atoms. The van der Waals surface area contributed by atoms with Gasteiger partial charge in [0.1, 0.15) is 5.82 Å². The number of rotatable bonds is 3. The molecule has 2 aromatic rings. The summed E-state index contributed by atoms with van der Waals surface area (Å²) in [7, 11) is 0. The smallest absolute Gasteiger partial charge is 0.228 e. The molecule has 3 atom stereocenters. The number of carbonyl (C=O) groups is 1. The minimum atomic E-state index is 0. The summed E-state index contributed by atoms with van der Waals surface area (Å²) >= 11 is 0. The number of halogens is 1. The maximum absolute atomic E-state index is 12.8. The second-order valence-electron chi connectivity index (χ2n) is 7.84. The lowest BCUT2D eigenvalue weighted by molar-refractivity contribution is -0.121. The van der Waals surface area contributed by atoms with Crippen molar-refractivity contribution in [2.24, 2.45) is 11.7 Å². The van der Waals surface area contributed by atoms with Crippen molar-refractivity contribution in [3.05, 3.63) is 47.2 Å². The minimum Gasteiger partial charge on any atom is -0.328 e. The van der Waals surface area contributed by atoms with Crippen molar-refractivity contribution in [3.8, 4) is 0 Å². The first kappa shape index (κ1) is 19.9. The monoisotopic (exact) mass is 388 g/mol. The number of nitrogens with zero attached hydrogens (tertiary/aromatic N) is 2. The molecular weight excluding hydrogens is 360 g/mol. The molecule has 3 unspecified atom stereocenters. The number of amides is 1. The first-order chi connectivity index (χ1) is 12.6. The third kappa shape index (κ3) is 4.04. The van der Waals surface area contributed by atoms with Crippen LogP contribution in [-0.4, -0.2) is 21.7 Å². The molecule has 0 saturated heterocycles. The highest BCUT2D eigenvalue weighted by Gasteiger charge is 2.29. The van der Waals surface area contributed by atoms with E-state index in [9.17, 15) is 4.79 Å². The Morgan fingerprint density at radius 1 is 1.22 bits per heavy atom. The zero-order valence-electron chi connectivity index (χ0n) is 15.9. The molecule has 1 heterocycles. The van der Waals surface area contributed by atoms with Crippen molar-refractivity contribution in [2.75, 3.05) is 5.32 Å². The third-order valence-corrected chi connectivity index (χ3v) is 5.94. The van der Waals surface area contributed by atoms with Crippen molar-refractivity contribution in [1.82, 2.24) is 9.78 Å². The van der Waals surface area contributed by atoms with Gasteiger partial charge in [-0.25, -0.2) is 4.68 Å². The Bertz CT molecular complexity index is 803. The quantitative estimate of drug-likeness (QED) is 0.834. The SMILES string of the molecule is Cc1cnn(C2CCCc3ccccc32)c1NC(=O)C1CCCC(N)C1.Cl. The second-order valence-corrected chi connectivity index (χ2v) is 7.84. The van der Waals surface area contributed by atoms with Gasteiger partial charge < -0.3 is 11.1 Å². The first-order valence-corrected chi connectivity index (χ1v) is 9.82. The number of fused-ring (bicyclic) bond motifs is 1. The van der Waals surface area contributed by atoms with Crippen LogP contribution in [-0.2, 0) is 11.2 Å². The summed E-state index contributed by atoms with van der Waals surface area (Å²) in [5.41, 5.74) is 9.81. The molecule has 4 rings (SSSR count). The van der Waals surface area contributed by atoms with E-state index in [0.29, 0.717) is 0 Å². The van der Waals surface area contributed by atoms with E-state index in [4.69, 9.17) is 5.73 Å². The summed E-state index contributed by atoms with van der Waals surface area (Å²) in [5.74, 6) is 0.949. The fourth-order valence-corrected chi connectivity index (χ4v) is 4.51. The Hall–Kier alpha value is -1.85. The molecule has 3 N–H and O–H groups in total. The van der Waals surface area contributed by atoms with E-state index in [-0.39, 0.29) is 36.3 Å². The predicted molar refractivity (Wildman–Crippen MR) is 110 cm³/mol. The maximum atomic E-state index is 12.8. The van der Waals surface area contributed by atoms with Gasteiger partial charge in [-0.2, -0.15) is 5.10 Å². The minimum absolute atomic E-state index is 0. The molecule has 146 valence electrons. The van der Waals surface area contributed by atoms with Gasteiger partial charge in [-0.1, -0.05) is 30.7 Å². The Balaban J connectivity index is 0.00000210. The van der Waals surface area contributed by atoms with Crippen LogP contribution in [0.15, 0.2) is 30.5 Å². The van der Waals surface area contributed by atoms with Gasteiger partial charge in [0.15, 0.2) is 0 Å². The average molecular weight is 389 g/mol. The largest absolute Gasteiger partial charge is 0.328 e. The van der Waals surface area contributed by atoms with E-state index in [0.717, 1.165) is 56.3 Å². The Morgan fingerprint density at radius 3 is 2.85 bits per heavy atom. The van der Waals surface area contributed by atoms with E-state index in [1.54, 1.807) is 0 Å². The van der Waals surface area contributed by atoms with E-state index in [2.05, 4.69) is 34.7 Å². The summed E-state index contributed by atoms with van der Waals surface area (Å²) in [5, 5.41) is 7.81. The lowest BCUT2D eigenvalue weighted by Gasteiger charge is -2.29. The third-order valence-electron chi connectivity index (χ3n) is 5.94. The summed E-state index contributed by atoms with van der Waals surface area (Å²) in [6, 6.07) is 8.94. The molecular formula is C21H29ClN4O. The van der Waals surface area contributed by atoms with Crippen molar-refractivity contribution < 1.29 is 4.79 Å². The van der Waals surface area contributed by atoms with Crippen LogP contribution >= 0.6 is 12.4 Å². The zero-order chi connectivity index (χ0) is 18.1. The van der Waals surface area contributed by atoms with Crippen molar-refractivity contribution in [2.45, 2.75) is 64.0 Å². The van der Waals surface area contributed by atoms with Gasteiger partial charge in [-0.05, 0) is 56.6 Å². The van der Waals surface area contributed by atoms with Gasteiger partial charge in [0.25, 0.3) is 0 Å². The predicted octanol–water partition coefficient (Wildman–Crippen LogP) is 4.00. The van der Waals surface area contributed by atoms with Gasteiger partial charge in [0, 0.05) is 17.5 Å². The molecule has 6 heteroatoms. The number of nitrogens with one attached hydrogen (secondary N) is 1. The molecule has 2 aliphatic carbocycles. The zero-order valence-corrected chi connectivity index (χ0v) is 16.7. The topological polar surface area (TPSA) is 72.9 Å². The Labute approximate surface area is 167 Å². The highest BCUT2D eigenvalue weighted by atomic mass is 35.5. The highest BCUT2D eigenvalue weighted by molar-refractivity contribution is 5.92. The number of aryl methyl sites for hydroxylation is 2. The van der Waals surface area contributed by atoms with E-state index >= 15 is 0 Å². The maximum Gasteiger partial charge on any atom is 0.228 e. The van der Waals surface area contributed by atoms with Crippen LogP contribution in [0.5, 0.6) is 0 Å². The summed E-state index contributed by atoms with van der Waals surface area (Å²) in [4.78, 5) is 12.8. The van der Waals surface area contributed by atoms with E-state index in [1.807, 2.05) is 17.8 Å². The van der Waals surface area contributed by atoms with Gasteiger partial charge in [0.2, 0.25) is 5.91 Å². The first-order valence-electron chi connectivity index (χ1n) is 9.82. The van der Waals surface area contributed by atoms with E-state index in [1.165, 1.54) is 11.1 Å². The molecule has 1 aromatic carbocycles. The molecule has 1 saturated carbocycles. The number of benzene rings is 1. The normalized spacial score (nSPS) is 24.6. The van der Waals surface area contributed by atoms with E-state index < -0.39 is 0 Å². The molecule has 1 amide bonds. The highest BCUT2D eigenvalue weighted by Crippen LogP contribution is 2.35.